The molecule has 0 saturated carbocycles. The molecule has 0 heteroatoms. The van der Waals surface area contributed by atoms with Crippen molar-refractivity contribution in [2.24, 2.45) is 0 Å². The van der Waals surface area contributed by atoms with Gasteiger partial charge in [0.2, 0.25) is 0 Å². The average molecular weight is 206 g/mol. The molecule has 0 aliphatic heterocycles. The molecule has 0 nitrogen and oxygen atoms in total. The Balaban J connectivity index is 2.53. The molecule has 0 amide bonds. The first-order valence-electron chi connectivity index (χ1n) is 5.44. The Morgan fingerprint density at radius 2 is 1.25 bits per heavy atom. The van der Waals surface area contributed by atoms with E-state index in [4.69, 9.17) is 0 Å². The van der Waals surface area contributed by atoms with Gasteiger partial charge in [0.15, 0.2) is 0 Å². The Morgan fingerprint density at radius 1 is 0.812 bits per heavy atom. The van der Waals surface area contributed by atoms with Crippen LogP contribution in [-0.4, -0.2) is 0 Å². The third kappa shape index (κ3) is 2.31. The average Bonchev–Trinajstić information content (AvgIpc) is 2.38. The van der Waals surface area contributed by atoms with Crippen molar-refractivity contribution in [1.29, 1.82) is 0 Å². The van der Waals surface area contributed by atoms with Crippen LogP contribution in [0.5, 0.6) is 0 Å². The second-order valence-electron chi connectivity index (χ2n) is 3.54. The number of hydrogen-bond donors (Lipinski definition) is 0. The molecular formula is C16H14. The predicted molar refractivity (Wildman–Crippen MR) is 69.2 cm³/mol. The molecule has 0 radical (unpaired) electrons. The summed E-state index contributed by atoms with van der Waals surface area (Å²) >= 11 is 0. The van der Waals surface area contributed by atoms with Crippen LogP contribution in [0.4, 0.5) is 0 Å². The van der Waals surface area contributed by atoms with E-state index in [1.165, 1.54) is 11.1 Å². The van der Waals surface area contributed by atoms with Gasteiger partial charge in [-0.15, -0.1) is 5.73 Å². The van der Waals surface area contributed by atoms with Gasteiger partial charge in [-0.1, -0.05) is 60.7 Å². The van der Waals surface area contributed by atoms with Crippen LogP contribution in [0.15, 0.2) is 72.5 Å². The Morgan fingerprint density at radius 3 is 1.62 bits per heavy atom. The van der Waals surface area contributed by atoms with E-state index in [0.717, 1.165) is 5.57 Å². The summed E-state index contributed by atoms with van der Waals surface area (Å²) in [5.74, 6) is 0. The minimum absolute atomic E-state index is 1.14. The van der Waals surface area contributed by atoms with Crippen molar-refractivity contribution in [1.82, 2.24) is 0 Å². The number of allylic oxidation sites excluding steroid dienone is 1. The van der Waals surface area contributed by atoms with E-state index in [1.807, 2.05) is 25.1 Å². The molecule has 78 valence electrons. The fourth-order valence-corrected chi connectivity index (χ4v) is 1.69. The Labute approximate surface area is 96.6 Å². The van der Waals surface area contributed by atoms with E-state index in [1.54, 1.807) is 0 Å². The van der Waals surface area contributed by atoms with Crippen LogP contribution in [-0.2, 0) is 0 Å². The summed E-state index contributed by atoms with van der Waals surface area (Å²) < 4.78 is 0. The minimum atomic E-state index is 1.14. The summed E-state index contributed by atoms with van der Waals surface area (Å²) in [5, 5.41) is 0. The van der Waals surface area contributed by atoms with Crippen LogP contribution in [0.1, 0.15) is 18.1 Å². The van der Waals surface area contributed by atoms with E-state index < -0.39 is 0 Å². The smallest absolute Gasteiger partial charge is 0.0306 e. The van der Waals surface area contributed by atoms with Gasteiger partial charge in [0.05, 0.1) is 0 Å². The molecule has 2 aromatic rings. The van der Waals surface area contributed by atoms with E-state index in [-0.39, 0.29) is 0 Å². The highest BCUT2D eigenvalue weighted by Crippen LogP contribution is 2.21. The van der Waals surface area contributed by atoms with Gasteiger partial charge < -0.3 is 0 Å². The molecule has 2 rings (SSSR count). The van der Waals surface area contributed by atoms with Gasteiger partial charge in [-0.3, -0.25) is 0 Å². The quantitative estimate of drug-likeness (QED) is 0.643. The normalized spacial score (nSPS) is 9.31. The zero-order valence-electron chi connectivity index (χ0n) is 9.35. The lowest BCUT2D eigenvalue weighted by Crippen LogP contribution is -1.85. The Bertz CT molecular complexity index is 459. The van der Waals surface area contributed by atoms with Crippen LogP contribution in [0.3, 0.4) is 0 Å². The zero-order chi connectivity index (χ0) is 11.2. The maximum atomic E-state index is 3.31. The molecule has 0 aromatic heterocycles. The first-order valence-corrected chi connectivity index (χ1v) is 5.44. The first-order chi connectivity index (χ1) is 7.92. The monoisotopic (exact) mass is 206 g/mol. The van der Waals surface area contributed by atoms with Gasteiger partial charge in [-0.25, -0.2) is 0 Å². The zero-order valence-corrected chi connectivity index (χ0v) is 9.35. The molecule has 0 heterocycles. The predicted octanol–water partition coefficient (Wildman–Crippen LogP) is 4.29. The molecule has 2 aromatic carbocycles. The van der Waals surface area contributed by atoms with Crippen LogP contribution in [0.2, 0.25) is 0 Å². The van der Waals surface area contributed by atoms with Crippen LogP contribution >= 0.6 is 0 Å². The number of rotatable bonds is 2. The second kappa shape index (κ2) is 5.16. The number of benzene rings is 2. The lowest BCUT2D eigenvalue weighted by atomic mass is 9.99. The summed E-state index contributed by atoms with van der Waals surface area (Å²) in [6.07, 6.45) is 1.95. The van der Waals surface area contributed by atoms with Crippen molar-refractivity contribution in [3.63, 3.8) is 0 Å². The van der Waals surface area contributed by atoms with Crippen LogP contribution in [0, 0.1) is 0 Å². The lowest BCUT2D eigenvalue weighted by molar-refractivity contribution is 1.55. The molecule has 0 fully saturated rings. The van der Waals surface area contributed by atoms with Gasteiger partial charge in [-0.2, -0.15) is 0 Å². The molecule has 0 bridgehead atoms. The van der Waals surface area contributed by atoms with Crippen molar-refractivity contribution in [3.8, 4) is 0 Å². The van der Waals surface area contributed by atoms with Gasteiger partial charge in [0, 0.05) is 5.57 Å². The van der Waals surface area contributed by atoms with Gasteiger partial charge >= 0.3 is 0 Å². The highest BCUT2D eigenvalue weighted by atomic mass is 14.0. The van der Waals surface area contributed by atoms with Gasteiger partial charge in [-0.05, 0) is 24.1 Å². The van der Waals surface area contributed by atoms with Crippen LogP contribution in [0.25, 0.3) is 5.57 Å². The summed E-state index contributed by atoms with van der Waals surface area (Å²) in [5.41, 5.74) is 6.85. The van der Waals surface area contributed by atoms with Crippen molar-refractivity contribution >= 4 is 5.57 Å². The van der Waals surface area contributed by atoms with Gasteiger partial charge in [0.1, 0.15) is 0 Å². The molecule has 0 aliphatic carbocycles. The molecule has 0 aliphatic rings. The highest BCUT2D eigenvalue weighted by Gasteiger charge is 2.01. The standard InChI is InChI=1S/C16H14/c1-2-9-16(14-10-5-3-6-11-14)15-12-7-4-8-13-15/h2-8,10-13H,1H3. The molecule has 16 heavy (non-hydrogen) atoms. The molecular weight excluding hydrogens is 192 g/mol. The van der Waals surface area contributed by atoms with E-state index in [2.05, 4.69) is 54.3 Å². The molecule has 0 unspecified atom stereocenters. The van der Waals surface area contributed by atoms with Crippen molar-refractivity contribution in [3.05, 3.63) is 83.6 Å². The van der Waals surface area contributed by atoms with Crippen molar-refractivity contribution < 1.29 is 0 Å². The van der Waals surface area contributed by atoms with Crippen molar-refractivity contribution in [2.45, 2.75) is 6.92 Å². The van der Waals surface area contributed by atoms with Gasteiger partial charge in [0.25, 0.3) is 0 Å². The van der Waals surface area contributed by atoms with E-state index >= 15 is 0 Å². The third-order valence-electron chi connectivity index (χ3n) is 2.41. The summed E-state index contributed by atoms with van der Waals surface area (Å²) in [7, 11) is 0. The first kappa shape index (κ1) is 10.5. The Hall–Kier alpha value is -2.04. The summed E-state index contributed by atoms with van der Waals surface area (Å²) in [6.45, 7) is 1.99. The second-order valence-corrected chi connectivity index (χ2v) is 3.54. The fraction of sp³-hybridized carbons (Fsp3) is 0.0625. The fourth-order valence-electron chi connectivity index (χ4n) is 1.69. The molecule has 0 spiro atoms. The van der Waals surface area contributed by atoms with Crippen LogP contribution < -0.4 is 0 Å². The third-order valence-corrected chi connectivity index (χ3v) is 2.41. The molecule has 0 saturated heterocycles. The van der Waals surface area contributed by atoms with Crippen molar-refractivity contribution in [2.75, 3.05) is 0 Å². The maximum Gasteiger partial charge on any atom is 0.0306 e. The molecule has 0 N–H and O–H groups in total. The van der Waals surface area contributed by atoms with E-state index in [0.29, 0.717) is 0 Å². The summed E-state index contributed by atoms with van der Waals surface area (Å²) in [4.78, 5) is 0. The lowest BCUT2D eigenvalue weighted by Gasteiger charge is -2.04. The molecule has 0 atom stereocenters. The highest BCUT2D eigenvalue weighted by molar-refractivity contribution is 5.79. The Kier molecular flexibility index (Phi) is 3.38. The maximum absolute atomic E-state index is 3.31. The topological polar surface area (TPSA) is 0 Å². The van der Waals surface area contributed by atoms with E-state index in [9.17, 15) is 0 Å². The summed E-state index contributed by atoms with van der Waals surface area (Å²) in [6, 6.07) is 20.7. The SMILES string of the molecule is CC=C=C(c1ccccc1)c1ccccc1. The minimum Gasteiger partial charge on any atom is -0.116 e. The number of hydrogen-bond acceptors (Lipinski definition) is 0. The largest absolute Gasteiger partial charge is 0.116 e.